The van der Waals surface area contributed by atoms with E-state index in [1.807, 2.05) is 0 Å². The zero-order chi connectivity index (χ0) is 18.5. The predicted molar refractivity (Wildman–Crippen MR) is 108 cm³/mol. The molecule has 0 spiro atoms. The van der Waals surface area contributed by atoms with Crippen molar-refractivity contribution in [3.8, 4) is 0 Å². The van der Waals surface area contributed by atoms with Crippen molar-refractivity contribution in [2.24, 2.45) is 0 Å². The highest BCUT2D eigenvalue weighted by Gasteiger charge is 2.34. The molecule has 0 radical (unpaired) electrons. The van der Waals surface area contributed by atoms with Crippen LogP contribution in [0.25, 0.3) is 0 Å². The van der Waals surface area contributed by atoms with Crippen LogP contribution in [0.15, 0.2) is 48.5 Å². The van der Waals surface area contributed by atoms with E-state index < -0.39 is 0 Å². The minimum absolute atomic E-state index is 0.148. The second-order valence-corrected chi connectivity index (χ2v) is 8.03. The van der Waals surface area contributed by atoms with Gasteiger partial charge in [-0.1, -0.05) is 73.5 Å². The molecule has 0 aliphatic rings. The monoisotopic (exact) mass is 338 g/mol. The minimum atomic E-state index is -0.148. The van der Waals surface area contributed by atoms with Gasteiger partial charge in [-0.3, -0.25) is 0 Å². The molecule has 0 aliphatic carbocycles. The van der Waals surface area contributed by atoms with E-state index >= 15 is 0 Å². The number of rotatable bonds is 8. The molecular weight excluding hydrogens is 304 g/mol. The van der Waals surface area contributed by atoms with Crippen molar-refractivity contribution in [3.05, 3.63) is 70.8 Å². The Bertz CT molecular complexity index is 596. The Labute approximate surface area is 154 Å². The Balaban J connectivity index is 2.14. The Morgan fingerprint density at radius 1 is 0.640 bits per heavy atom. The van der Waals surface area contributed by atoms with Crippen molar-refractivity contribution in [2.45, 2.75) is 78.4 Å². The SMILES string of the molecule is CCC(C)(Cc1ccc(C)cc1)OC(C)(CC)Cc1ccc(C)cc1. The van der Waals surface area contributed by atoms with E-state index in [4.69, 9.17) is 4.74 Å². The first-order valence-corrected chi connectivity index (χ1v) is 9.59. The van der Waals surface area contributed by atoms with Gasteiger partial charge in [-0.2, -0.15) is 0 Å². The summed E-state index contributed by atoms with van der Waals surface area (Å²) in [6.07, 6.45) is 3.91. The van der Waals surface area contributed by atoms with Gasteiger partial charge in [0.25, 0.3) is 0 Å². The van der Waals surface area contributed by atoms with Gasteiger partial charge >= 0.3 is 0 Å². The van der Waals surface area contributed by atoms with Gasteiger partial charge in [-0.05, 0) is 51.7 Å². The van der Waals surface area contributed by atoms with Gasteiger partial charge in [-0.25, -0.2) is 0 Å². The van der Waals surface area contributed by atoms with Crippen molar-refractivity contribution in [3.63, 3.8) is 0 Å². The van der Waals surface area contributed by atoms with Crippen LogP contribution in [0, 0.1) is 13.8 Å². The molecule has 0 N–H and O–H groups in total. The van der Waals surface area contributed by atoms with E-state index in [-0.39, 0.29) is 11.2 Å². The molecule has 2 unspecified atom stereocenters. The zero-order valence-electron chi connectivity index (χ0n) is 16.9. The van der Waals surface area contributed by atoms with E-state index in [1.165, 1.54) is 22.3 Å². The minimum Gasteiger partial charge on any atom is -0.368 e. The first-order chi connectivity index (χ1) is 11.8. The van der Waals surface area contributed by atoms with E-state index in [0.29, 0.717) is 0 Å². The normalized spacial score (nSPS) is 16.2. The molecule has 1 heteroatoms. The smallest absolute Gasteiger partial charge is 0.0699 e. The summed E-state index contributed by atoms with van der Waals surface area (Å²) in [5.41, 5.74) is 5.02. The number of hydrogen-bond acceptors (Lipinski definition) is 1. The average molecular weight is 339 g/mol. The molecule has 0 saturated heterocycles. The molecule has 0 heterocycles. The molecule has 0 aliphatic heterocycles. The fraction of sp³-hybridized carbons (Fsp3) is 0.500. The summed E-state index contributed by atoms with van der Waals surface area (Å²) in [7, 11) is 0. The molecule has 0 fully saturated rings. The fourth-order valence-electron chi connectivity index (χ4n) is 3.34. The number of hydrogen-bond donors (Lipinski definition) is 0. The molecule has 0 amide bonds. The lowest BCUT2D eigenvalue weighted by Crippen LogP contribution is -2.43. The number of benzene rings is 2. The number of ether oxygens (including phenoxy) is 1. The lowest BCUT2D eigenvalue weighted by atomic mass is 9.88. The zero-order valence-corrected chi connectivity index (χ0v) is 16.9. The summed E-state index contributed by atoms with van der Waals surface area (Å²) >= 11 is 0. The molecule has 2 atom stereocenters. The van der Waals surface area contributed by atoms with E-state index in [0.717, 1.165) is 25.7 Å². The maximum absolute atomic E-state index is 6.79. The van der Waals surface area contributed by atoms with Crippen molar-refractivity contribution >= 4 is 0 Å². The second kappa shape index (κ2) is 8.19. The third kappa shape index (κ3) is 5.71. The summed E-state index contributed by atoms with van der Waals surface area (Å²) in [6.45, 7) is 13.3. The summed E-state index contributed by atoms with van der Waals surface area (Å²) in [5, 5.41) is 0. The summed E-state index contributed by atoms with van der Waals surface area (Å²) in [4.78, 5) is 0. The van der Waals surface area contributed by atoms with Crippen LogP contribution >= 0.6 is 0 Å². The lowest BCUT2D eigenvalue weighted by Gasteiger charge is -2.40. The molecule has 136 valence electrons. The van der Waals surface area contributed by atoms with Crippen LogP contribution in [0.2, 0.25) is 0 Å². The Morgan fingerprint density at radius 2 is 0.960 bits per heavy atom. The molecule has 2 aromatic rings. The van der Waals surface area contributed by atoms with Crippen LogP contribution in [-0.2, 0) is 17.6 Å². The van der Waals surface area contributed by atoms with Crippen LogP contribution in [0.1, 0.15) is 62.8 Å². The summed E-state index contributed by atoms with van der Waals surface area (Å²) in [5.74, 6) is 0. The fourth-order valence-corrected chi connectivity index (χ4v) is 3.34. The Morgan fingerprint density at radius 3 is 1.24 bits per heavy atom. The van der Waals surface area contributed by atoms with Crippen LogP contribution < -0.4 is 0 Å². The predicted octanol–water partition coefficient (Wildman–Crippen LogP) is 6.44. The molecule has 25 heavy (non-hydrogen) atoms. The van der Waals surface area contributed by atoms with E-state index in [1.54, 1.807) is 0 Å². The van der Waals surface area contributed by atoms with Gasteiger partial charge < -0.3 is 4.74 Å². The largest absolute Gasteiger partial charge is 0.368 e. The van der Waals surface area contributed by atoms with Crippen LogP contribution in [0.4, 0.5) is 0 Å². The molecule has 2 aromatic carbocycles. The van der Waals surface area contributed by atoms with Crippen molar-refractivity contribution in [2.75, 3.05) is 0 Å². The molecule has 0 aromatic heterocycles. The molecule has 0 bridgehead atoms. The quantitative estimate of drug-likeness (QED) is 0.538. The first-order valence-electron chi connectivity index (χ1n) is 9.59. The van der Waals surface area contributed by atoms with E-state index in [2.05, 4.69) is 90.1 Å². The van der Waals surface area contributed by atoms with Gasteiger partial charge in [0.1, 0.15) is 0 Å². The maximum atomic E-state index is 6.79. The van der Waals surface area contributed by atoms with Crippen molar-refractivity contribution < 1.29 is 4.74 Å². The van der Waals surface area contributed by atoms with E-state index in [9.17, 15) is 0 Å². The molecule has 2 rings (SSSR count). The van der Waals surface area contributed by atoms with Crippen LogP contribution in [0.3, 0.4) is 0 Å². The topological polar surface area (TPSA) is 9.23 Å². The Hall–Kier alpha value is -1.60. The highest BCUT2D eigenvalue weighted by molar-refractivity contribution is 5.24. The highest BCUT2D eigenvalue weighted by atomic mass is 16.5. The van der Waals surface area contributed by atoms with Gasteiger partial charge in [0.15, 0.2) is 0 Å². The van der Waals surface area contributed by atoms with Crippen molar-refractivity contribution in [1.82, 2.24) is 0 Å². The van der Waals surface area contributed by atoms with Crippen molar-refractivity contribution in [1.29, 1.82) is 0 Å². The summed E-state index contributed by atoms with van der Waals surface area (Å²) in [6, 6.07) is 17.7. The summed E-state index contributed by atoms with van der Waals surface area (Å²) < 4.78 is 6.79. The molecule has 1 nitrogen and oxygen atoms in total. The van der Waals surface area contributed by atoms with Gasteiger partial charge in [0.2, 0.25) is 0 Å². The van der Waals surface area contributed by atoms with Crippen LogP contribution in [0.5, 0.6) is 0 Å². The van der Waals surface area contributed by atoms with Gasteiger partial charge in [0.05, 0.1) is 11.2 Å². The Kier molecular flexibility index (Phi) is 6.46. The number of aryl methyl sites for hydroxylation is 2. The molecular formula is C24H34O. The van der Waals surface area contributed by atoms with Gasteiger partial charge in [-0.15, -0.1) is 0 Å². The second-order valence-electron chi connectivity index (χ2n) is 8.03. The highest BCUT2D eigenvalue weighted by Crippen LogP contribution is 2.32. The van der Waals surface area contributed by atoms with Gasteiger partial charge in [0, 0.05) is 12.8 Å². The standard InChI is InChI=1S/C24H34O/c1-7-23(5,17-21-13-9-19(3)10-14-21)25-24(6,8-2)18-22-15-11-20(4)12-16-22/h9-16H,7-8,17-18H2,1-6H3. The maximum Gasteiger partial charge on any atom is 0.0699 e. The molecule has 0 saturated carbocycles. The first kappa shape index (κ1) is 19.7. The van der Waals surface area contributed by atoms with Crippen LogP contribution in [-0.4, -0.2) is 11.2 Å². The average Bonchev–Trinajstić information content (AvgIpc) is 2.59. The lowest BCUT2D eigenvalue weighted by molar-refractivity contribution is -0.143. The third-order valence-electron chi connectivity index (χ3n) is 5.39. The third-order valence-corrected chi connectivity index (χ3v) is 5.39.